The smallest absolute Gasteiger partial charge is 0.363 e. The SMILES string of the molecule is COc1ccc([N+](=O)[O-])cc1C1=N/C(=C/c2ccc(N(C)C)cc2)C(=O)O1. The normalized spacial score (nSPS) is 14.7. The second kappa shape index (κ2) is 7.28. The molecule has 8 heteroatoms. The fourth-order valence-corrected chi connectivity index (χ4v) is 2.53. The van der Waals surface area contributed by atoms with Gasteiger partial charge in [-0.3, -0.25) is 10.1 Å². The zero-order chi connectivity index (χ0) is 19.6. The van der Waals surface area contributed by atoms with Gasteiger partial charge in [-0.05, 0) is 29.8 Å². The largest absolute Gasteiger partial charge is 0.496 e. The van der Waals surface area contributed by atoms with Crippen LogP contribution in [0, 0.1) is 10.1 Å². The Balaban J connectivity index is 1.96. The van der Waals surface area contributed by atoms with Crippen molar-refractivity contribution in [3.63, 3.8) is 0 Å². The van der Waals surface area contributed by atoms with Crippen molar-refractivity contribution in [2.45, 2.75) is 0 Å². The number of aliphatic imine (C=N–C) groups is 1. The number of esters is 1. The minimum Gasteiger partial charge on any atom is -0.496 e. The van der Waals surface area contributed by atoms with E-state index in [2.05, 4.69) is 4.99 Å². The number of cyclic esters (lactones) is 1. The third-order valence-corrected chi connectivity index (χ3v) is 3.96. The van der Waals surface area contributed by atoms with Crippen molar-refractivity contribution in [2.24, 2.45) is 4.99 Å². The van der Waals surface area contributed by atoms with Gasteiger partial charge in [0.2, 0.25) is 5.90 Å². The highest BCUT2D eigenvalue weighted by Gasteiger charge is 2.27. The van der Waals surface area contributed by atoms with Gasteiger partial charge < -0.3 is 14.4 Å². The molecule has 1 heterocycles. The number of nitro benzene ring substituents is 1. The number of non-ortho nitro benzene ring substituents is 1. The first kappa shape index (κ1) is 18.1. The molecule has 0 saturated heterocycles. The molecule has 8 nitrogen and oxygen atoms in total. The summed E-state index contributed by atoms with van der Waals surface area (Å²) in [5, 5.41) is 11.0. The summed E-state index contributed by atoms with van der Waals surface area (Å²) in [4.78, 5) is 28.8. The van der Waals surface area contributed by atoms with Crippen LogP contribution in [0.5, 0.6) is 5.75 Å². The van der Waals surface area contributed by atoms with E-state index in [1.165, 1.54) is 25.3 Å². The maximum absolute atomic E-state index is 12.2. The van der Waals surface area contributed by atoms with Crippen LogP contribution in [0.25, 0.3) is 6.08 Å². The molecule has 0 atom stereocenters. The number of nitrogens with zero attached hydrogens (tertiary/aromatic N) is 3. The first-order valence-corrected chi connectivity index (χ1v) is 8.02. The molecule has 0 aromatic heterocycles. The summed E-state index contributed by atoms with van der Waals surface area (Å²) < 4.78 is 10.4. The van der Waals surface area contributed by atoms with Crippen molar-refractivity contribution < 1.29 is 19.2 Å². The van der Waals surface area contributed by atoms with Crippen LogP contribution in [0.1, 0.15) is 11.1 Å². The number of hydrogen-bond acceptors (Lipinski definition) is 7. The number of rotatable bonds is 5. The molecule has 2 aromatic carbocycles. The predicted molar refractivity (Wildman–Crippen MR) is 101 cm³/mol. The van der Waals surface area contributed by atoms with Gasteiger partial charge >= 0.3 is 5.97 Å². The molecule has 27 heavy (non-hydrogen) atoms. The molecule has 0 N–H and O–H groups in total. The number of carbonyl (C=O) groups excluding carboxylic acids is 1. The summed E-state index contributed by atoms with van der Waals surface area (Å²) in [5.41, 5.74) is 2.00. The number of methoxy groups -OCH3 is 1. The van der Waals surface area contributed by atoms with Crippen molar-refractivity contribution in [3.05, 3.63) is 69.4 Å². The predicted octanol–water partition coefficient (Wildman–Crippen LogP) is 3.01. The van der Waals surface area contributed by atoms with Gasteiger partial charge in [-0.25, -0.2) is 9.79 Å². The Morgan fingerprint density at radius 3 is 2.48 bits per heavy atom. The third-order valence-electron chi connectivity index (χ3n) is 3.96. The van der Waals surface area contributed by atoms with Gasteiger partial charge in [-0.2, -0.15) is 0 Å². The summed E-state index contributed by atoms with van der Waals surface area (Å²) in [5.74, 6) is -0.337. The number of benzene rings is 2. The van der Waals surface area contributed by atoms with Crippen molar-refractivity contribution >= 4 is 29.3 Å². The van der Waals surface area contributed by atoms with E-state index in [-0.39, 0.29) is 22.8 Å². The summed E-state index contributed by atoms with van der Waals surface area (Å²) in [6.07, 6.45) is 1.60. The van der Waals surface area contributed by atoms with Crippen LogP contribution in [-0.2, 0) is 9.53 Å². The number of hydrogen-bond donors (Lipinski definition) is 0. The number of carbonyl (C=O) groups is 1. The Morgan fingerprint density at radius 2 is 1.89 bits per heavy atom. The maximum atomic E-state index is 12.2. The zero-order valence-corrected chi connectivity index (χ0v) is 15.0. The van der Waals surface area contributed by atoms with Crippen LogP contribution in [0.15, 0.2) is 53.2 Å². The molecule has 2 aromatic rings. The molecule has 0 bridgehead atoms. The van der Waals surface area contributed by atoms with Gasteiger partial charge in [-0.15, -0.1) is 0 Å². The van der Waals surface area contributed by atoms with E-state index in [0.29, 0.717) is 5.75 Å². The van der Waals surface area contributed by atoms with E-state index < -0.39 is 10.9 Å². The molecule has 1 aliphatic heterocycles. The van der Waals surface area contributed by atoms with E-state index in [0.717, 1.165) is 11.3 Å². The first-order valence-electron chi connectivity index (χ1n) is 8.02. The molecule has 0 spiro atoms. The quantitative estimate of drug-likeness (QED) is 0.349. The zero-order valence-electron chi connectivity index (χ0n) is 15.0. The molecule has 0 radical (unpaired) electrons. The maximum Gasteiger partial charge on any atom is 0.363 e. The van der Waals surface area contributed by atoms with Crippen molar-refractivity contribution in [3.8, 4) is 5.75 Å². The second-order valence-electron chi connectivity index (χ2n) is 5.96. The Bertz CT molecular complexity index is 962. The van der Waals surface area contributed by atoms with Gasteiger partial charge in [0.05, 0.1) is 17.6 Å². The molecule has 0 unspecified atom stereocenters. The summed E-state index contributed by atoms with van der Waals surface area (Å²) in [7, 11) is 5.29. The van der Waals surface area contributed by atoms with Crippen molar-refractivity contribution in [2.75, 3.05) is 26.1 Å². The highest BCUT2D eigenvalue weighted by molar-refractivity contribution is 6.14. The molecule has 0 saturated carbocycles. The molecular weight excluding hydrogens is 350 g/mol. The fraction of sp³-hybridized carbons (Fsp3) is 0.158. The first-order chi connectivity index (χ1) is 12.9. The third kappa shape index (κ3) is 3.79. The second-order valence-corrected chi connectivity index (χ2v) is 5.96. The fourth-order valence-electron chi connectivity index (χ4n) is 2.53. The number of nitro groups is 1. The van der Waals surface area contributed by atoms with Gasteiger partial charge in [0.15, 0.2) is 5.70 Å². The number of ether oxygens (including phenoxy) is 2. The van der Waals surface area contributed by atoms with E-state index >= 15 is 0 Å². The molecule has 3 rings (SSSR count). The Labute approximate surface area is 155 Å². The summed E-state index contributed by atoms with van der Waals surface area (Å²) in [6.45, 7) is 0. The summed E-state index contributed by atoms with van der Waals surface area (Å²) in [6, 6.07) is 11.6. The Kier molecular flexibility index (Phi) is 4.89. The lowest BCUT2D eigenvalue weighted by atomic mass is 10.1. The van der Waals surface area contributed by atoms with Crippen LogP contribution >= 0.6 is 0 Å². The van der Waals surface area contributed by atoms with Gasteiger partial charge in [0.25, 0.3) is 5.69 Å². The summed E-state index contributed by atoms with van der Waals surface area (Å²) >= 11 is 0. The van der Waals surface area contributed by atoms with E-state index in [9.17, 15) is 14.9 Å². The van der Waals surface area contributed by atoms with Crippen LogP contribution < -0.4 is 9.64 Å². The minimum absolute atomic E-state index is 0.0308. The van der Waals surface area contributed by atoms with Crippen molar-refractivity contribution in [1.82, 2.24) is 0 Å². The van der Waals surface area contributed by atoms with Gasteiger partial charge in [0.1, 0.15) is 5.75 Å². The average molecular weight is 367 g/mol. The molecule has 1 aliphatic rings. The standard InChI is InChI=1S/C19H17N3O5/c1-21(2)13-6-4-12(5-7-13)10-16-19(23)27-18(20-16)15-11-14(22(24)25)8-9-17(15)26-3/h4-11H,1-3H3/b16-10+. The van der Waals surface area contributed by atoms with Crippen LogP contribution in [0.3, 0.4) is 0 Å². The van der Waals surface area contributed by atoms with Crippen LogP contribution in [0.4, 0.5) is 11.4 Å². The molecule has 0 aliphatic carbocycles. The molecule has 0 amide bonds. The Morgan fingerprint density at radius 1 is 1.19 bits per heavy atom. The molecule has 0 fully saturated rings. The van der Waals surface area contributed by atoms with Crippen LogP contribution in [-0.4, -0.2) is 38.0 Å². The molecular formula is C19H17N3O5. The Hall–Kier alpha value is -3.68. The van der Waals surface area contributed by atoms with Gasteiger partial charge in [-0.1, -0.05) is 12.1 Å². The van der Waals surface area contributed by atoms with Crippen LogP contribution in [0.2, 0.25) is 0 Å². The topological polar surface area (TPSA) is 94.3 Å². The van der Waals surface area contributed by atoms with E-state index in [1.54, 1.807) is 6.08 Å². The lowest BCUT2D eigenvalue weighted by Crippen LogP contribution is -2.08. The number of anilines is 1. The highest BCUT2D eigenvalue weighted by atomic mass is 16.6. The molecule has 138 valence electrons. The van der Waals surface area contributed by atoms with E-state index in [4.69, 9.17) is 9.47 Å². The van der Waals surface area contributed by atoms with Crippen molar-refractivity contribution in [1.29, 1.82) is 0 Å². The monoisotopic (exact) mass is 367 g/mol. The highest BCUT2D eigenvalue weighted by Crippen LogP contribution is 2.28. The minimum atomic E-state index is -0.629. The van der Waals surface area contributed by atoms with Gasteiger partial charge in [0, 0.05) is 31.9 Å². The lowest BCUT2D eigenvalue weighted by molar-refractivity contribution is -0.384. The lowest BCUT2D eigenvalue weighted by Gasteiger charge is -2.11. The van der Waals surface area contributed by atoms with E-state index in [1.807, 2.05) is 43.3 Å². The average Bonchev–Trinajstić information content (AvgIpc) is 3.02.